The van der Waals surface area contributed by atoms with Gasteiger partial charge in [-0.2, -0.15) is 14.6 Å². The van der Waals surface area contributed by atoms with E-state index < -0.39 is 0 Å². The molecule has 6 heteroatoms. The van der Waals surface area contributed by atoms with E-state index in [4.69, 9.17) is 9.72 Å². The van der Waals surface area contributed by atoms with E-state index >= 15 is 0 Å². The van der Waals surface area contributed by atoms with Crippen molar-refractivity contribution in [3.8, 4) is 17.0 Å². The zero-order chi connectivity index (χ0) is 18.9. The summed E-state index contributed by atoms with van der Waals surface area (Å²) in [5.74, 6) is 2.52. The fourth-order valence-corrected chi connectivity index (χ4v) is 3.99. The van der Waals surface area contributed by atoms with E-state index in [-0.39, 0.29) is 6.04 Å². The minimum absolute atomic E-state index is 0.272. The summed E-state index contributed by atoms with van der Waals surface area (Å²) in [6.07, 6.45) is 3.78. The smallest absolute Gasteiger partial charge is 0.254 e. The molecule has 4 aromatic rings. The van der Waals surface area contributed by atoms with Gasteiger partial charge in [0.25, 0.3) is 5.78 Å². The Hall–Kier alpha value is -3.41. The van der Waals surface area contributed by atoms with Crippen LogP contribution in [0.3, 0.4) is 0 Å². The van der Waals surface area contributed by atoms with Crippen LogP contribution in [0.4, 0.5) is 5.82 Å². The molecule has 0 bridgehead atoms. The first kappa shape index (κ1) is 16.7. The lowest BCUT2D eigenvalue weighted by Gasteiger charge is -2.27. The third-order valence-corrected chi connectivity index (χ3v) is 5.33. The van der Waals surface area contributed by atoms with E-state index in [1.807, 2.05) is 28.8 Å². The SMILES string of the molecule is COc1cccc(C2CCCN2c2cc(-c3ccccc3)nc3ncnn23)c1. The van der Waals surface area contributed by atoms with Gasteiger partial charge in [0.05, 0.1) is 18.8 Å². The van der Waals surface area contributed by atoms with Gasteiger partial charge in [-0.15, -0.1) is 0 Å². The first-order valence-corrected chi connectivity index (χ1v) is 9.50. The van der Waals surface area contributed by atoms with E-state index in [2.05, 4.69) is 51.4 Å². The largest absolute Gasteiger partial charge is 0.497 e. The van der Waals surface area contributed by atoms with Crippen molar-refractivity contribution in [2.75, 3.05) is 18.6 Å². The molecule has 1 aliphatic rings. The Morgan fingerprint density at radius 3 is 2.79 bits per heavy atom. The van der Waals surface area contributed by atoms with E-state index in [1.165, 1.54) is 5.56 Å². The Kier molecular flexibility index (Phi) is 4.16. The molecule has 1 unspecified atom stereocenters. The number of hydrogen-bond donors (Lipinski definition) is 0. The highest BCUT2D eigenvalue weighted by molar-refractivity contribution is 5.66. The molecule has 0 radical (unpaired) electrons. The molecule has 5 rings (SSSR count). The molecule has 1 fully saturated rings. The number of rotatable bonds is 4. The molecule has 0 spiro atoms. The third-order valence-electron chi connectivity index (χ3n) is 5.33. The average molecular weight is 371 g/mol. The summed E-state index contributed by atoms with van der Waals surface area (Å²) in [4.78, 5) is 11.5. The molecule has 0 saturated carbocycles. The number of hydrogen-bond acceptors (Lipinski definition) is 5. The first-order valence-electron chi connectivity index (χ1n) is 9.50. The van der Waals surface area contributed by atoms with Gasteiger partial charge < -0.3 is 9.64 Å². The molecule has 0 aliphatic carbocycles. The van der Waals surface area contributed by atoms with Crippen molar-refractivity contribution in [2.24, 2.45) is 0 Å². The fraction of sp³-hybridized carbons (Fsp3) is 0.227. The molecule has 2 aromatic heterocycles. The predicted octanol–water partition coefficient (Wildman–Crippen LogP) is 4.14. The van der Waals surface area contributed by atoms with Crippen LogP contribution in [-0.4, -0.2) is 33.2 Å². The normalized spacial score (nSPS) is 16.6. The van der Waals surface area contributed by atoms with Crippen molar-refractivity contribution in [3.05, 3.63) is 72.6 Å². The standard InChI is InChI=1S/C22H21N5O/c1-28-18-10-5-9-17(13-18)20-11-6-12-26(20)21-14-19(16-7-3-2-4-8-16)25-22-23-15-24-27(21)22/h2-5,7-10,13-15,20H,6,11-12H2,1H3. The Morgan fingerprint density at radius 2 is 1.93 bits per heavy atom. The van der Waals surface area contributed by atoms with Crippen LogP contribution in [-0.2, 0) is 0 Å². The van der Waals surface area contributed by atoms with Crippen LogP contribution in [0, 0.1) is 0 Å². The van der Waals surface area contributed by atoms with Crippen LogP contribution in [0.5, 0.6) is 5.75 Å². The van der Waals surface area contributed by atoms with Crippen molar-refractivity contribution in [1.29, 1.82) is 0 Å². The summed E-state index contributed by atoms with van der Waals surface area (Å²) >= 11 is 0. The summed E-state index contributed by atoms with van der Waals surface area (Å²) in [7, 11) is 1.71. The maximum atomic E-state index is 5.43. The minimum Gasteiger partial charge on any atom is -0.497 e. The molecule has 1 saturated heterocycles. The molecule has 1 atom stereocenters. The monoisotopic (exact) mass is 371 g/mol. The lowest BCUT2D eigenvalue weighted by Crippen LogP contribution is -2.25. The number of aromatic nitrogens is 4. The number of methoxy groups -OCH3 is 1. The Labute approximate surface area is 163 Å². The first-order chi connectivity index (χ1) is 13.8. The van der Waals surface area contributed by atoms with E-state index in [0.717, 1.165) is 42.2 Å². The molecule has 0 N–H and O–H groups in total. The second-order valence-electron chi connectivity index (χ2n) is 6.97. The Balaban J connectivity index is 1.62. The van der Waals surface area contributed by atoms with Gasteiger partial charge in [0.2, 0.25) is 0 Å². The van der Waals surface area contributed by atoms with Gasteiger partial charge in [-0.25, -0.2) is 4.98 Å². The summed E-state index contributed by atoms with van der Waals surface area (Å²) in [6.45, 7) is 0.967. The number of fused-ring (bicyclic) bond motifs is 1. The number of anilines is 1. The zero-order valence-electron chi connectivity index (χ0n) is 15.7. The number of benzene rings is 2. The van der Waals surface area contributed by atoms with Gasteiger partial charge in [-0.1, -0.05) is 42.5 Å². The maximum absolute atomic E-state index is 5.43. The summed E-state index contributed by atoms with van der Waals surface area (Å²) in [5, 5.41) is 4.44. The molecular formula is C22H21N5O. The van der Waals surface area contributed by atoms with Crippen molar-refractivity contribution in [1.82, 2.24) is 19.6 Å². The minimum atomic E-state index is 0.272. The third kappa shape index (κ3) is 2.87. The lowest BCUT2D eigenvalue weighted by atomic mass is 10.0. The number of nitrogens with zero attached hydrogens (tertiary/aromatic N) is 5. The molecule has 2 aromatic carbocycles. The van der Waals surface area contributed by atoms with Gasteiger partial charge in [0, 0.05) is 18.2 Å². The summed E-state index contributed by atoms with van der Waals surface area (Å²) < 4.78 is 7.27. The molecule has 140 valence electrons. The van der Waals surface area contributed by atoms with Crippen LogP contribution < -0.4 is 9.64 Å². The van der Waals surface area contributed by atoms with E-state index in [1.54, 1.807) is 13.4 Å². The van der Waals surface area contributed by atoms with Crippen LogP contribution in [0.2, 0.25) is 0 Å². The zero-order valence-corrected chi connectivity index (χ0v) is 15.7. The van der Waals surface area contributed by atoms with Crippen molar-refractivity contribution in [3.63, 3.8) is 0 Å². The fourth-order valence-electron chi connectivity index (χ4n) is 3.99. The second kappa shape index (κ2) is 6.96. The number of ether oxygens (including phenoxy) is 1. The molecule has 3 heterocycles. The quantitative estimate of drug-likeness (QED) is 0.540. The molecule has 28 heavy (non-hydrogen) atoms. The van der Waals surface area contributed by atoms with Gasteiger partial charge >= 0.3 is 0 Å². The highest BCUT2D eigenvalue weighted by atomic mass is 16.5. The van der Waals surface area contributed by atoms with Gasteiger partial charge in [0.15, 0.2) is 0 Å². The second-order valence-corrected chi connectivity index (χ2v) is 6.97. The molecule has 0 amide bonds. The van der Waals surface area contributed by atoms with Crippen molar-refractivity contribution >= 4 is 11.6 Å². The van der Waals surface area contributed by atoms with Gasteiger partial charge in [0.1, 0.15) is 17.9 Å². The van der Waals surface area contributed by atoms with Crippen LogP contribution in [0.25, 0.3) is 17.0 Å². The molecule has 6 nitrogen and oxygen atoms in total. The average Bonchev–Trinajstić information content (AvgIpc) is 3.43. The van der Waals surface area contributed by atoms with Crippen LogP contribution in [0.15, 0.2) is 67.0 Å². The summed E-state index contributed by atoms with van der Waals surface area (Å²) in [5.41, 5.74) is 3.24. The Morgan fingerprint density at radius 1 is 1.04 bits per heavy atom. The van der Waals surface area contributed by atoms with Gasteiger partial charge in [-0.05, 0) is 30.5 Å². The van der Waals surface area contributed by atoms with Crippen LogP contribution in [0.1, 0.15) is 24.4 Å². The summed E-state index contributed by atoms with van der Waals surface area (Å²) in [6, 6.07) is 20.9. The lowest BCUT2D eigenvalue weighted by molar-refractivity contribution is 0.414. The van der Waals surface area contributed by atoms with E-state index in [9.17, 15) is 0 Å². The molecule has 1 aliphatic heterocycles. The predicted molar refractivity (Wildman–Crippen MR) is 109 cm³/mol. The van der Waals surface area contributed by atoms with Crippen molar-refractivity contribution < 1.29 is 4.74 Å². The maximum Gasteiger partial charge on any atom is 0.254 e. The highest BCUT2D eigenvalue weighted by Gasteiger charge is 2.29. The van der Waals surface area contributed by atoms with Crippen LogP contribution >= 0.6 is 0 Å². The van der Waals surface area contributed by atoms with E-state index in [0.29, 0.717) is 5.78 Å². The van der Waals surface area contributed by atoms with Gasteiger partial charge in [-0.3, -0.25) is 0 Å². The van der Waals surface area contributed by atoms with Crippen molar-refractivity contribution in [2.45, 2.75) is 18.9 Å². The topological polar surface area (TPSA) is 55.5 Å². The molecular weight excluding hydrogens is 350 g/mol. The highest BCUT2D eigenvalue weighted by Crippen LogP contribution is 2.38. The Bertz CT molecular complexity index is 1110.